The lowest BCUT2D eigenvalue weighted by atomic mass is 10.2. The van der Waals surface area contributed by atoms with E-state index in [1.54, 1.807) is 24.2 Å². The summed E-state index contributed by atoms with van der Waals surface area (Å²) < 4.78 is 1.00. The van der Waals surface area contributed by atoms with E-state index >= 15 is 0 Å². The number of aromatic nitrogens is 1. The molecule has 0 aliphatic heterocycles. The molecule has 1 N–H and O–H groups in total. The first-order valence-electron chi connectivity index (χ1n) is 6.80. The third kappa shape index (κ3) is 4.04. The Morgan fingerprint density at radius 2 is 2.05 bits per heavy atom. The number of halogens is 1. The first-order valence-corrected chi connectivity index (χ1v) is 7.60. The van der Waals surface area contributed by atoms with Crippen LogP contribution >= 0.6 is 15.9 Å². The number of anilines is 1. The number of benzene rings is 1. The maximum absolute atomic E-state index is 12.4. The molecule has 0 aliphatic rings. The Labute approximate surface area is 133 Å². The lowest BCUT2D eigenvalue weighted by Gasteiger charge is -2.18. The van der Waals surface area contributed by atoms with Crippen LogP contribution in [0.25, 0.3) is 0 Å². The Balaban J connectivity index is 2.07. The third-order valence-corrected chi connectivity index (χ3v) is 3.85. The highest BCUT2D eigenvalue weighted by Crippen LogP contribution is 2.18. The van der Waals surface area contributed by atoms with Crippen LogP contribution in [0.5, 0.6) is 0 Å². The van der Waals surface area contributed by atoms with Crippen LogP contribution in [-0.4, -0.2) is 29.4 Å². The van der Waals surface area contributed by atoms with Gasteiger partial charge in [-0.15, -0.1) is 0 Å². The number of hydrogen-bond donors (Lipinski definition) is 1. The van der Waals surface area contributed by atoms with Gasteiger partial charge in [-0.2, -0.15) is 0 Å². The molecule has 1 aromatic carbocycles. The molecule has 0 unspecified atom stereocenters. The fraction of sp³-hybridized carbons (Fsp3) is 0.250. The minimum atomic E-state index is -0.0405. The van der Waals surface area contributed by atoms with Crippen molar-refractivity contribution in [1.29, 1.82) is 0 Å². The molecule has 0 spiro atoms. The second-order valence-electron chi connectivity index (χ2n) is 4.72. The molecule has 0 aliphatic carbocycles. The lowest BCUT2D eigenvalue weighted by molar-refractivity contribution is 0.0784. The quantitative estimate of drug-likeness (QED) is 0.899. The number of pyridine rings is 1. The first-order chi connectivity index (χ1) is 10.1. The van der Waals surface area contributed by atoms with Crippen LogP contribution in [0.2, 0.25) is 0 Å². The van der Waals surface area contributed by atoms with Crippen molar-refractivity contribution < 1.29 is 4.79 Å². The van der Waals surface area contributed by atoms with Gasteiger partial charge < -0.3 is 10.2 Å². The van der Waals surface area contributed by atoms with Gasteiger partial charge in [0, 0.05) is 30.8 Å². The Bertz CT molecular complexity index is 613. The minimum absolute atomic E-state index is 0.0405. The average Bonchev–Trinajstić information content (AvgIpc) is 2.50. The predicted octanol–water partition coefficient (Wildman–Crippen LogP) is 3.55. The fourth-order valence-corrected chi connectivity index (χ4v) is 2.39. The Morgan fingerprint density at radius 1 is 1.29 bits per heavy atom. The van der Waals surface area contributed by atoms with Gasteiger partial charge in [0.05, 0.1) is 5.56 Å². The molecule has 0 saturated carbocycles. The van der Waals surface area contributed by atoms with Crippen molar-refractivity contribution in [2.24, 2.45) is 0 Å². The molecule has 4 nitrogen and oxygen atoms in total. The second-order valence-corrected chi connectivity index (χ2v) is 5.57. The fourth-order valence-electron chi connectivity index (χ4n) is 1.98. The van der Waals surface area contributed by atoms with Gasteiger partial charge in [0.15, 0.2) is 0 Å². The maximum Gasteiger partial charge on any atom is 0.255 e. The Kier molecular flexibility index (Phi) is 5.33. The van der Waals surface area contributed by atoms with Gasteiger partial charge in [0.1, 0.15) is 5.82 Å². The van der Waals surface area contributed by atoms with Gasteiger partial charge >= 0.3 is 0 Å². The Hall–Kier alpha value is -1.88. The molecule has 0 saturated heterocycles. The van der Waals surface area contributed by atoms with Crippen LogP contribution in [0, 0.1) is 0 Å². The summed E-state index contributed by atoms with van der Waals surface area (Å²) in [5, 5.41) is 3.11. The highest BCUT2D eigenvalue weighted by molar-refractivity contribution is 9.10. The van der Waals surface area contributed by atoms with Gasteiger partial charge in [-0.05, 0) is 30.7 Å². The third-order valence-electron chi connectivity index (χ3n) is 3.08. The summed E-state index contributed by atoms with van der Waals surface area (Å²) in [7, 11) is 1.79. The number of carbonyl (C=O) groups excluding carboxylic acids is 1. The van der Waals surface area contributed by atoms with Gasteiger partial charge in [0.25, 0.3) is 5.91 Å². The molecule has 0 atom stereocenters. The number of nitrogens with one attached hydrogen (secondary N) is 1. The molecule has 21 heavy (non-hydrogen) atoms. The zero-order valence-electron chi connectivity index (χ0n) is 12.1. The summed E-state index contributed by atoms with van der Waals surface area (Å²) in [5.74, 6) is 0.740. The standard InChI is InChI=1S/C16H18BrN3O/c1-3-18-15-9-8-12(10-19-15)16(21)20(2)11-13-6-4-5-7-14(13)17/h4-10H,3,11H2,1-2H3,(H,18,19). The predicted molar refractivity (Wildman–Crippen MR) is 88.3 cm³/mol. The number of nitrogens with zero attached hydrogens (tertiary/aromatic N) is 2. The van der Waals surface area contributed by atoms with E-state index in [9.17, 15) is 4.79 Å². The highest BCUT2D eigenvalue weighted by Gasteiger charge is 2.13. The van der Waals surface area contributed by atoms with E-state index in [-0.39, 0.29) is 5.91 Å². The van der Waals surface area contributed by atoms with E-state index < -0.39 is 0 Å². The van der Waals surface area contributed by atoms with Crippen molar-refractivity contribution in [3.63, 3.8) is 0 Å². The summed E-state index contributed by atoms with van der Waals surface area (Å²) in [6.07, 6.45) is 1.61. The molecule has 1 aromatic heterocycles. The Morgan fingerprint density at radius 3 is 2.67 bits per heavy atom. The van der Waals surface area contributed by atoms with Crippen LogP contribution in [0.15, 0.2) is 47.1 Å². The van der Waals surface area contributed by atoms with Gasteiger partial charge in [-0.1, -0.05) is 34.1 Å². The van der Waals surface area contributed by atoms with Crippen molar-refractivity contribution in [1.82, 2.24) is 9.88 Å². The van der Waals surface area contributed by atoms with Crippen LogP contribution < -0.4 is 5.32 Å². The number of amides is 1. The van der Waals surface area contributed by atoms with E-state index in [4.69, 9.17) is 0 Å². The molecule has 2 aromatic rings. The van der Waals surface area contributed by atoms with E-state index in [1.165, 1.54) is 0 Å². The average molecular weight is 348 g/mol. The number of rotatable bonds is 5. The number of carbonyl (C=O) groups is 1. The van der Waals surface area contributed by atoms with Crippen LogP contribution in [-0.2, 0) is 6.54 Å². The normalized spacial score (nSPS) is 10.2. The zero-order valence-corrected chi connectivity index (χ0v) is 13.7. The van der Waals surface area contributed by atoms with Crippen molar-refractivity contribution in [2.75, 3.05) is 18.9 Å². The van der Waals surface area contributed by atoms with Crippen molar-refractivity contribution in [3.05, 3.63) is 58.2 Å². The monoisotopic (exact) mass is 347 g/mol. The highest BCUT2D eigenvalue weighted by atomic mass is 79.9. The second kappa shape index (κ2) is 7.22. The molecular weight excluding hydrogens is 330 g/mol. The summed E-state index contributed by atoms with van der Waals surface area (Å²) in [6, 6.07) is 11.5. The molecular formula is C16H18BrN3O. The van der Waals surface area contributed by atoms with Gasteiger partial charge in [-0.25, -0.2) is 4.98 Å². The van der Waals surface area contributed by atoms with Crippen molar-refractivity contribution in [2.45, 2.75) is 13.5 Å². The summed E-state index contributed by atoms with van der Waals surface area (Å²) in [4.78, 5) is 18.3. The molecule has 110 valence electrons. The molecule has 2 rings (SSSR count). The van der Waals surface area contributed by atoms with Crippen molar-refractivity contribution >= 4 is 27.7 Å². The van der Waals surface area contributed by atoms with Gasteiger partial charge in [-0.3, -0.25) is 4.79 Å². The summed E-state index contributed by atoms with van der Waals surface area (Å²) in [5.41, 5.74) is 1.66. The number of hydrogen-bond acceptors (Lipinski definition) is 3. The molecule has 1 amide bonds. The minimum Gasteiger partial charge on any atom is -0.370 e. The molecule has 0 fully saturated rings. The zero-order chi connectivity index (χ0) is 15.2. The van der Waals surface area contributed by atoms with Crippen LogP contribution in [0.1, 0.15) is 22.8 Å². The van der Waals surface area contributed by atoms with Crippen molar-refractivity contribution in [3.8, 4) is 0 Å². The summed E-state index contributed by atoms with van der Waals surface area (Å²) in [6.45, 7) is 3.36. The van der Waals surface area contributed by atoms with Crippen LogP contribution in [0.4, 0.5) is 5.82 Å². The van der Waals surface area contributed by atoms with E-state index in [2.05, 4.69) is 26.2 Å². The van der Waals surface area contributed by atoms with Crippen LogP contribution in [0.3, 0.4) is 0 Å². The molecule has 5 heteroatoms. The molecule has 0 bridgehead atoms. The lowest BCUT2D eigenvalue weighted by Crippen LogP contribution is -2.26. The van der Waals surface area contributed by atoms with Gasteiger partial charge in [0.2, 0.25) is 0 Å². The smallest absolute Gasteiger partial charge is 0.255 e. The molecule has 1 heterocycles. The van der Waals surface area contributed by atoms with E-state index in [1.807, 2.05) is 37.3 Å². The SMILES string of the molecule is CCNc1ccc(C(=O)N(C)Cc2ccccc2Br)cn1. The summed E-state index contributed by atoms with van der Waals surface area (Å²) >= 11 is 3.50. The maximum atomic E-state index is 12.4. The van der Waals surface area contributed by atoms with E-state index in [0.717, 1.165) is 22.4 Å². The largest absolute Gasteiger partial charge is 0.370 e. The van der Waals surface area contributed by atoms with E-state index in [0.29, 0.717) is 12.1 Å². The first kappa shape index (κ1) is 15.5. The molecule has 0 radical (unpaired) electrons. The topological polar surface area (TPSA) is 45.2 Å².